The molecule has 0 amide bonds. The Morgan fingerprint density at radius 3 is 2.54 bits per heavy atom. The minimum atomic E-state index is -0.520. The summed E-state index contributed by atoms with van der Waals surface area (Å²) < 4.78 is 0. The Morgan fingerprint density at radius 1 is 1.46 bits per heavy atom. The van der Waals surface area contributed by atoms with Crippen molar-refractivity contribution < 1.29 is 5.11 Å². The van der Waals surface area contributed by atoms with E-state index in [-0.39, 0.29) is 5.41 Å². The quantitative estimate of drug-likeness (QED) is 0.576. The first-order valence-corrected chi connectivity index (χ1v) is 5.28. The van der Waals surface area contributed by atoms with E-state index < -0.39 is 5.60 Å². The second-order valence-corrected chi connectivity index (χ2v) is 4.84. The number of nitrogens with two attached hydrogens (primary N) is 1. The third kappa shape index (κ3) is 1.39. The van der Waals surface area contributed by atoms with E-state index in [1.165, 1.54) is 0 Å². The fourth-order valence-corrected chi connectivity index (χ4v) is 2.45. The van der Waals surface area contributed by atoms with Gasteiger partial charge in [-0.25, -0.2) is 0 Å². The molecular weight excluding hydrogens is 164 g/mol. The van der Waals surface area contributed by atoms with Crippen LogP contribution in [-0.2, 0) is 0 Å². The van der Waals surface area contributed by atoms with Crippen molar-refractivity contribution in [2.24, 2.45) is 11.1 Å². The molecule has 0 radical (unpaired) electrons. The minimum absolute atomic E-state index is 0.0557. The summed E-state index contributed by atoms with van der Waals surface area (Å²) in [5, 5.41) is 13.8. The summed E-state index contributed by atoms with van der Waals surface area (Å²) in [6.07, 6.45) is 4.20. The number of nitrogens with one attached hydrogen (secondary N) is 1. The van der Waals surface area contributed by atoms with Crippen molar-refractivity contribution in [3.8, 4) is 0 Å². The highest BCUT2D eigenvalue weighted by atomic mass is 16.3. The molecule has 1 aliphatic carbocycles. The monoisotopic (exact) mass is 184 g/mol. The molecular formula is C10H20N2O. The van der Waals surface area contributed by atoms with E-state index in [0.717, 1.165) is 32.2 Å². The van der Waals surface area contributed by atoms with E-state index >= 15 is 0 Å². The highest BCUT2D eigenvalue weighted by Crippen LogP contribution is 2.55. The molecule has 76 valence electrons. The first kappa shape index (κ1) is 9.44. The summed E-state index contributed by atoms with van der Waals surface area (Å²) in [7, 11) is 0. The van der Waals surface area contributed by atoms with Crippen LogP contribution in [0, 0.1) is 5.41 Å². The number of hydrogen-bond acceptors (Lipinski definition) is 3. The molecule has 3 heteroatoms. The van der Waals surface area contributed by atoms with Crippen molar-refractivity contribution in [1.29, 1.82) is 0 Å². The highest BCUT2D eigenvalue weighted by Gasteiger charge is 2.57. The summed E-state index contributed by atoms with van der Waals surface area (Å²) in [4.78, 5) is 0. The zero-order valence-corrected chi connectivity index (χ0v) is 8.34. The van der Waals surface area contributed by atoms with E-state index in [9.17, 15) is 5.11 Å². The molecule has 2 fully saturated rings. The van der Waals surface area contributed by atoms with Crippen molar-refractivity contribution in [2.45, 2.75) is 44.2 Å². The molecule has 2 aliphatic rings. The maximum absolute atomic E-state index is 10.4. The summed E-state index contributed by atoms with van der Waals surface area (Å²) in [5.41, 5.74) is 5.27. The number of aliphatic hydroxyl groups is 1. The smallest absolute Gasteiger partial charge is 0.0840 e. The van der Waals surface area contributed by atoms with Gasteiger partial charge >= 0.3 is 0 Å². The molecule has 2 atom stereocenters. The molecule has 0 aromatic carbocycles. The molecule has 2 unspecified atom stereocenters. The average Bonchev–Trinajstić information content (AvgIpc) is 2.91. The van der Waals surface area contributed by atoms with E-state index in [4.69, 9.17) is 5.73 Å². The van der Waals surface area contributed by atoms with Gasteiger partial charge in [0.2, 0.25) is 0 Å². The van der Waals surface area contributed by atoms with Crippen molar-refractivity contribution in [1.82, 2.24) is 5.32 Å². The molecule has 1 saturated heterocycles. The van der Waals surface area contributed by atoms with Crippen LogP contribution >= 0.6 is 0 Å². The van der Waals surface area contributed by atoms with Gasteiger partial charge in [-0.2, -0.15) is 0 Å². The molecule has 1 heterocycles. The molecule has 3 nitrogen and oxygen atoms in total. The Kier molecular flexibility index (Phi) is 2.13. The molecule has 0 aromatic rings. The molecule has 0 spiro atoms. The lowest BCUT2D eigenvalue weighted by Gasteiger charge is -2.41. The Labute approximate surface area is 79.7 Å². The summed E-state index contributed by atoms with van der Waals surface area (Å²) >= 11 is 0. The van der Waals surface area contributed by atoms with Gasteiger partial charge in [0.1, 0.15) is 0 Å². The molecule has 2 rings (SSSR count). The number of rotatable bonds is 2. The topological polar surface area (TPSA) is 58.3 Å². The normalized spacial score (nSPS) is 43.2. The van der Waals surface area contributed by atoms with Crippen molar-refractivity contribution in [2.75, 3.05) is 13.1 Å². The zero-order valence-electron chi connectivity index (χ0n) is 8.34. The fourth-order valence-electron chi connectivity index (χ4n) is 2.45. The molecule has 13 heavy (non-hydrogen) atoms. The lowest BCUT2D eigenvalue weighted by atomic mass is 9.77. The van der Waals surface area contributed by atoms with E-state index in [2.05, 4.69) is 12.2 Å². The number of β-amino-alcohol motifs (C(OH)–C–C–N with tert-alkyl or cyclic N) is 1. The van der Waals surface area contributed by atoms with Gasteiger partial charge in [0, 0.05) is 24.5 Å². The lowest BCUT2D eigenvalue weighted by molar-refractivity contribution is -0.0538. The predicted molar refractivity (Wildman–Crippen MR) is 52.4 cm³/mol. The van der Waals surface area contributed by atoms with E-state index in [1.54, 1.807) is 0 Å². The molecule has 1 saturated carbocycles. The standard InChI is InChI=1S/C10H20N2O/c1-8-2-3-10(13,7-12-8)9(6-11)4-5-9/h8,12-13H,2-7,11H2,1H3. The Bertz CT molecular complexity index is 193. The lowest BCUT2D eigenvalue weighted by Crippen LogP contribution is -2.56. The first-order chi connectivity index (χ1) is 6.12. The van der Waals surface area contributed by atoms with Crippen LogP contribution in [0.5, 0.6) is 0 Å². The minimum Gasteiger partial charge on any atom is -0.388 e. The number of hydrogen-bond donors (Lipinski definition) is 3. The van der Waals surface area contributed by atoms with Gasteiger partial charge < -0.3 is 16.2 Å². The highest BCUT2D eigenvalue weighted by molar-refractivity contribution is 5.11. The molecule has 0 aromatic heterocycles. The van der Waals surface area contributed by atoms with Crippen LogP contribution in [0.4, 0.5) is 0 Å². The van der Waals surface area contributed by atoms with Crippen LogP contribution in [-0.4, -0.2) is 29.8 Å². The van der Waals surface area contributed by atoms with Gasteiger partial charge in [0.15, 0.2) is 0 Å². The molecule has 1 aliphatic heterocycles. The van der Waals surface area contributed by atoms with E-state index in [0.29, 0.717) is 12.6 Å². The van der Waals surface area contributed by atoms with Crippen molar-refractivity contribution >= 4 is 0 Å². The van der Waals surface area contributed by atoms with Crippen LogP contribution in [0.1, 0.15) is 32.6 Å². The van der Waals surface area contributed by atoms with Gasteiger partial charge in [0.25, 0.3) is 0 Å². The maximum atomic E-state index is 10.4. The second kappa shape index (κ2) is 2.94. The van der Waals surface area contributed by atoms with Gasteiger partial charge in [0.05, 0.1) is 5.60 Å². The summed E-state index contributed by atoms with van der Waals surface area (Å²) in [5.74, 6) is 0. The summed E-state index contributed by atoms with van der Waals surface area (Å²) in [6.45, 7) is 3.53. The summed E-state index contributed by atoms with van der Waals surface area (Å²) in [6, 6.07) is 0.550. The fraction of sp³-hybridized carbons (Fsp3) is 1.00. The molecule has 4 N–H and O–H groups in total. The Balaban J connectivity index is 2.04. The van der Waals surface area contributed by atoms with Gasteiger partial charge in [-0.1, -0.05) is 0 Å². The largest absolute Gasteiger partial charge is 0.388 e. The van der Waals surface area contributed by atoms with Gasteiger partial charge in [-0.3, -0.25) is 0 Å². The van der Waals surface area contributed by atoms with Gasteiger partial charge in [-0.15, -0.1) is 0 Å². The van der Waals surface area contributed by atoms with Crippen LogP contribution in [0.25, 0.3) is 0 Å². The van der Waals surface area contributed by atoms with Crippen LogP contribution in [0.15, 0.2) is 0 Å². The number of piperidine rings is 1. The van der Waals surface area contributed by atoms with Crippen LogP contribution in [0.3, 0.4) is 0 Å². The maximum Gasteiger partial charge on any atom is 0.0840 e. The third-order valence-electron chi connectivity index (χ3n) is 3.97. The van der Waals surface area contributed by atoms with Crippen LogP contribution in [0.2, 0.25) is 0 Å². The van der Waals surface area contributed by atoms with Crippen molar-refractivity contribution in [3.05, 3.63) is 0 Å². The predicted octanol–water partition coefficient (Wildman–Crippen LogP) is 0.228. The second-order valence-electron chi connectivity index (χ2n) is 4.84. The van der Waals surface area contributed by atoms with Gasteiger partial charge in [-0.05, 0) is 32.6 Å². The first-order valence-electron chi connectivity index (χ1n) is 5.28. The van der Waals surface area contributed by atoms with Crippen LogP contribution < -0.4 is 11.1 Å². The SMILES string of the molecule is CC1CCC(O)(C2(CN)CC2)CN1. The van der Waals surface area contributed by atoms with E-state index in [1.807, 2.05) is 0 Å². The third-order valence-corrected chi connectivity index (χ3v) is 3.97. The Morgan fingerprint density at radius 2 is 2.15 bits per heavy atom. The zero-order chi connectivity index (χ0) is 9.53. The Hall–Kier alpha value is -0.120. The molecule has 0 bridgehead atoms. The van der Waals surface area contributed by atoms with Crippen molar-refractivity contribution in [3.63, 3.8) is 0 Å². The average molecular weight is 184 g/mol.